The Labute approximate surface area is 103 Å². The Kier molecular flexibility index (Phi) is 3.19. The first-order chi connectivity index (χ1) is 8.06. The van der Waals surface area contributed by atoms with Crippen molar-refractivity contribution in [1.82, 2.24) is 5.32 Å². The van der Waals surface area contributed by atoms with E-state index in [4.69, 9.17) is 5.32 Å². The van der Waals surface area contributed by atoms with Crippen molar-refractivity contribution >= 4 is 11.4 Å². The van der Waals surface area contributed by atoms with Crippen molar-refractivity contribution < 1.29 is 0 Å². The molecule has 0 aliphatic carbocycles. The van der Waals surface area contributed by atoms with Crippen LogP contribution in [0.15, 0.2) is 36.4 Å². The Hall–Kier alpha value is -1.76. The molecule has 0 spiro atoms. The Bertz CT molecular complexity index is 492. The minimum Gasteiger partial charge on any atom is -0.249 e. The van der Waals surface area contributed by atoms with Gasteiger partial charge in [-0.3, -0.25) is 0 Å². The molecule has 0 aliphatic heterocycles. The summed E-state index contributed by atoms with van der Waals surface area (Å²) in [5.41, 5.74) is 7.13. The van der Waals surface area contributed by atoms with E-state index < -0.39 is 0 Å². The van der Waals surface area contributed by atoms with Gasteiger partial charge in [-0.15, -0.1) is 0 Å². The van der Waals surface area contributed by atoms with Crippen LogP contribution in [0.3, 0.4) is 0 Å². The molecule has 0 atom stereocenters. The monoisotopic (exact) mass is 224 g/mol. The van der Waals surface area contributed by atoms with Crippen molar-refractivity contribution in [3.63, 3.8) is 0 Å². The molecule has 0 unspecified atom stereocenters. The zero-order valence-electron chi connectivity index (χ0n) is 10.9. The Morgan fingerprint density at radius 3 is 1.41 bits per heavy atom. The fourth-order valence-corrected chi connectivity index (χ4v) is 1.99. The second kappa shape index (κ2) is 4.62. The summed E-state index contributed by atoms with van der Waals surface area (Å²) in [4.78, 5) is 0. The summed E-state index contributed by atoms with van der Waals surface area (Å²) < 4.78 is 0. The molecule has 2 aromatic rings. The third kappa shape index (κ3) is 2.68. The van der Waals surface area contributed by atoms with E-state index in [-0.39, 0.29) is 0 Å². The summed E-state index contributed by atoms with van der Waals surface area (Å²) in [6.45, 7) is 8.42. The molecule has 0 amide bonds. The summed E-state index contributed by atoms with van der Waals surface area (Å²) in [5.74, 6) is 0. The molecule has 1 radical (unpaired) electrons. The lowest BCUT2D eigenvalue weighted by Crippen LogP contribution is -1.95. The predicted octanol–water partition coefficient (Wildman–Crippen LogP) is 4.49. The van der Waals surface area contributed by atoms with Crippen LogP contribution < -0.4 is 5.32 Å². The van der Waals surface area contributed by atoms with E-state index in [9.17, 15) is 0 Å². The lowest BCUT2D eigenvalue weighted by molar-refractivity contribution is 1.13. The summed E-state index contributed by atoms with van der Waals surface area (Å²) in [7, 11) is 0. The van der Waals surface area contributed by atoms with Crippen LogP contribution in [0.5, 0.6) is 0 Å². The first-order valence-electron chi connectivity index (χ1n) is 5.92. The maximum absolute atomic E-state index is 4.72. The van der Waals surface area contributed by atoms with Crippen LogP contribution >= 0.6 is 0 Å². The molecule has 0 aliphatic rings. The highest BCUT2D eigenvalue weighted by molar-refractivity contribution is 5.57. The Morgan fingerprint density at radius 1 is 0.647 bits per heavy atom. The van der Waals surface area contributed by atoms with Crippen LogP contribution in [0.2, 0.25) is 0 Å². The number of hydrogen-bond donors (Lipinski definition) is 0. The van der Waals surface area contributed by atoms with Gasteiger partial charge in [0.15, 0.2) is 0 Å². The molecule has 1 heteroatoms. The van der Waals surface area contributed by atoms with Crippen LogP contribution in [-0.4, -0.2) is 0 Å². The third-order valence-corrected chi connectivity index (χ3v) is 2.95. The maximum Gasteiger partial charge on any atom is 0.0666 e. The van der Waals surface area contributed by atoms with Gasteiger partial charge in [0.2, 0.25) is 0 Å². The fourth-order valence-electron chi connectivity index (χ4n) is 1.99. The molecule has 2 aromatic carbocycles. The van der Waals surface area contributed by atoms with Crippen molar-refractivity contribution in [2.45, 2.75) is 27.7 Å². The van der Waals surface area contributed by atoms with Crippen molar-refractivity contribution in [3.05, 3.63) is 58.7 Å². The van der Waals surface area contributed by atoms with Crippen LogP contribution in [0.1, 0.15) is 22.3 Å². The highest BCUT2D eigenvalue weighted by atomic mass is 14.9. The fraction of sp³-hybridized carbons (Fsp3) is 0.250. The largest absolute Gasteiger partial charge is 0.249 e. The molecule has 0 saturated carbocycles. The number of nitrogens with zero attached hydrogens (tertiary/aromatic N) is 1. The molecule has 1 nitrogen and oxygen atoms in total. The van der Waals surface area contributed by atoms with E-state index in [1.165, 1.54) is 22.3 Å². The third-order valence-electron chi connectivity index (χ3n) is 2.95. The van der Waals surface area contributed by atoms with E-state index >= 15 is 0 Å². The second-order valence-corrected chi connectivity index (χ2v) is 4.69. The van der Waals surface area contributed by atoms with Gasteiger partial charge in [0.05, 0.1) is 11.4 Å². The van der Waals surface area contributed by atoms with Crippen LogP contribution in [-0.2, 0) is 0 Å². The van der Waals surface area contributed by atoms with Crippen LogP contribution in [0.25, 0.3) is 0 Å². The first-order valence-corrected chi connectivity index (χ1v) is 5.92. The minimum atomic E-state index is 1.06. The zero-order valence-corrected chi connectivity index (χ0v) is 10.9. The number of hydrogen-bond acceptors (Lipinski definition) is 0. The molecule has 87 valence electrons. The van der Waals surface area contributed by atoms with Crippen molar-refractivity contribution in [2.24, 2.45) is 0 Å². The van der Waals surface area contributed by atoms with E-state index in [1.807, 2.05) is 0 Å². The van der Waals surface area contributed by atoms with E-state index in [2.05, 4.69) is 64.1 Å². The van der Waals surface area contributed by atoms with Gasteiger partial charge in [-0.2, -0.15) is 0 Å². The van der Waals surface area contributed by atoms with Gasteiger partial charge in [0.25, 0.3) is 0 Å². The zero-order chi connectivity index (χ0) is 12.4. The molecule has 0 saturated heterocycles. The van der Waals surface area contributed by atoms with Gasteiger partial charge in [0, 0.05) is 0 Å². The minimum absolute atomic E-state index is 1.06. The van der Waals surface area contributed by atoms with Crippen LogP contribution in [0, 0.1) is 27.7 Å². The second-order valence-electron chi connectivity index (χ2n) is 4.69. The van der Waals surface area contributed by atoms with E-state index in [0.29, 0.717) is 0 Å². The smallest absolute Gasteiger partial charge is 0.0666 e. The van der Waals surface area contributed by atoms with Gasteiger partial charge >= 0.3 is 0 Å². The summed E-state index contributed by atoms with van der Waals surface area (Å²) >= 11 is 0. The van der Waals surface area contributed by atoms with Gasteiger partial charge in [-0.05, 0) is 51.0 Å². The molecular weight excluding hydrogens is 206 g/mol. The summed E-state index contributed by atoms with van der Waals surface area (Å²) in [6, 6.07) is 12.7. The van der Waals surface area contributed by atoms with Gasteiger partial charge in [-0.1, -0.05) is 35.4 Å². The Morgan fingerprint density at radius 2 is 1.06 bits per heavy atom. The number of rotatable bonds is 2. The first kappa shape index (κ1) is 11.7. The molecule has 0 aromatic heterocycles. The predicted molar refractivity (Wildman–Crippen MR) is 73.3 cm³/mol. The topological polar surface area (TPSA) is 14.1 Å². The molecule has 0 fully saturated rings. The van der Waals surface area contributed by atoms with Crippen molar-refractivity contribution in [2.75, 3.05) is 0 Å². The maximum atomic E-state index is 4.72. The molecular formula is C16H18N. The summed E-state index contributed by atoms with van der Waals surface area (Å²) in [5, 5.41) is 4.72. The van der Waals surface area contributed by atoms with Gasteiger partial charge < -0.3 is 0 Å². The molecule has 2 rings (SSSR count). The average molecular weight is 224 g/mol. The lowest BCUT2D eigenvalue weighted by Gasteiger charge is -2.10. The van der Waals surface area contributed by atoms with Gasteiger partial charge in [-0.25, -0.2) is 5.32 Å². The highest BCUT2D eigenvalue weighted by Crippen LogP contribution is 2.24. The van der Waals surface area contributed by atoms with Crippen LogP contribution in [0.4, 0.5) is 11.4 Å². The quantitative estimate of drug-likeness (QED) is 0.713. The molecule has 0 bridgehead atoms. The Balaban J connectivity index is 2.31. The van der Waals surface area contributed by atoms with Crippen molar-refractivity contribution in [3.8, 4) is 0 Å². The molecule has 17 heavy (non-hydrogen) atoms. The normalized spacial score (nSPS) is 10.4. The lowest BCUT2D eigenvalue weighted by atomic mass is 10.1. The number of benzene rings is 2. The average Bonchev–Trinajstić information content (AvgIpc) is 2.25. The van der Waals surface area contributed by atoms with Crippen molar-refractivity contribution in [1.29, 1.82) is 0 Å². The molecule has 0 N–H and O–H groups in total. The van der Waals surface area contributed by atoms with Gasteiger partial charge in [0.1, 0.15) is 0 Å². The standard InChI is InChI=1S/C16H18N/c1-11-5-7-15(13(3)9-11)17-16-8-6-12(2)10-14(16)4/h5-10H,1-4H3. The SMILES string of the molecule is Cc1ccc([N]c2ccc(C)cc2C)c(C)c1. The van der Waals surface area contributed by atoms with E-state index in [1.54, 1.807) is 0 Å². The number of aryl methyl sites for hydroxylation is 4. The molecule has 0 heterocycles. The van der Waals surface area contributed by atoms with E-state index in [0.717, 1.165) is 11.4 Å². The summed E-state index contributed by atoms with van der Waals surface area (Å²) in [6.07, 6.45) is 0. The highest BCUT2D eigenvalue weighted by Gasteiger charge is 2.04.